The summed E-state index contributed by atoms with van der Waals surface area (Å²) >= 11 is 0. The number of imidazole rings is 1. The van der Waals surface area contributed by atoms with Crippen LogP contribution < -0.4 is 5.32 Å². The van der Waals surface area contributed by atoms with E-state index in [1.807, 2.05) is 22.9 Å². The number of nitrogens with one attached hydrogen (secondary N) is 1. The van der Waals surface area contributed by atoms with E-state index < -0.39 is 102 Å². The maximum Gasteiger partial charge on any atom is 0.410 e. The van der Waals surface area contributed by atoms with Crippen molar-refractivity contribution >= 4 is 23.6 Å². The van der Waals surface area contributed by atoms with E-state index in [0.717, 1.165) is 18.2 Å². The Hall–Kier alpha value is -3.90. The van der Waals surface area contributed by atoms with E-state index in [4.69, 9.17) is 23.7 Å². The summed E-state index contributed by atoms with van der Waals surface area (Å²) in [6.07, 6.45) is 2.06. The van der Waals surface area contributed by atoms with E-state index in [1.54, 1.807) is 60.3 Å². The van der Waals surface area contributed by atoms with Gasteiger partial charge in [0, 0.05) is 74.7 Å². The van der Waals surface area contributed by atoms with Gasteiger partial charge < -0.3 is 43.6 Å². The van der Waals surface area contributed by atoms with Crippen molar-refractivity contribution in [1.29, 1.82) is 0 Å². The van der Waals surface area contributed by atoms with Crippen molar-refractivity contribution in [3.63, 3.8) is 0 Å². The first kappa shape index (κ1) is 47.2. The summed E-state index contributed by atoms with van der Waals surface area (Å²) in [6, 6.07) is 2.17. The summed E-state index contributed by atoms with van der Waals surface area (Å²) in [4.78, 5) is 66.8. The number of aromatic nitrogens is 3. The molecule has 60 heavy (non-hydrogen) atoms. The number of aryl methyl sites for hydroxylation is 1. The number of cyclic esters (lactones) is 1. The monoisotopic (exact) mass is 847 g/mol. The Labute approximate surface area is 351 Å². The number of aliphatic hydroxyl groups excluding tert-OH is 1. The summed E-state index contributed by atoms with van der Waals surface area (Å²) in [5, 5.41) is 14.3. The van der Waals surface area contributed by atoms with Crippen LogP contribution in [0.3, 0.4) is 0 Å². The number of ether oxygens (including phenoxy) is 5. The van der Waals surface area contributed by atoms with Crippen LogP contribution in [0.2, 0.25) is 0 Å². The van der Waals surface area contributed by atoms with Gasteiger partial charge in [-0.2, -0.15) is 0 Å². The van der Waals surface area contributed by atoms with Crippen LogP contribution >= 0.6 is 0 Å². The molecular formula is C43H63F2N5O10. The third kappa shape index (κ3) is 9.75. The number of nitrogens with zero attached hydrogens (tertiary/aromatic N) is 4. The predicted molar refractivity (Wildman–Crippen MR) is 215 cm³/mol. The minimum Gasteiger partial charge on any atom is -0.455 e. The van der Waals surface area contributed by atoms with Gasteiger partial charge in [0.25, 0.3) is 5.67 Å². The smallest absolute Gasteiger partial charge is 0.410 e. The van der Waals surface area contributed by atoms with E-state index >= 15 is 4.39 Å². The fourth-order valence-electron chi connectivity index (χ4n) is 9.39. The average Bonchev–Trinajstić information content (AvgIpc) is 3.80. The van der Waals surface area contributed by atoms with Crippen LogP contribution in [0.25, 0.3) is 11.3 Å². The van der Waals surface area contributed by atoms with Crippen molar-refractivity contribution in [1.82, 2.24) is 24.8 Å². The first-order chi connectivity index (χ1) is 28.3. The van der Waals surface area contributed by atoms with Crippen molar-refractivity contribution in [2.24, 2.45) is 17.8 Å². The number of ketones is 2. The van der Waals surface area contributed by atoms with Gasteiger partial charge in [-0.15, -0.1) is 0 Å². The second-order valence-corrected chi connectivity index (χ2v) is 17.3. The molecule has 3 saturated heterocycles. The van der Waals surface area contributed by atoms with Crippen LogP contribution in [0.4, 0.5) is 13.6 Å². The van der Waals surface area contributed by atoms with E-state index in [2.05, 4.69) is 15.3 Å². The number of unbranched alkanes of at least 4 members (excludes halogenated alkanes) is 1. The highest BCUT2D eigenvalue weighted by Gasteiger charge is 2.61. The maximum absolute atomic E-state index is 16.9. The molecule has 0 bridgehead atoms. The number of hydrogen-bond donors (Lipinski definition) is 2. The Bertz CT molecular complexity index is 1800. The molecule has 17 heteroatoms. The lowest BCUT2D eigenvalue weighted by Crippen LogP contribution is -2.62. The predicted octanol–water partition coefficient (Wildman–Crippen LogP) is 5.02. The number of carbonyl (C=O) groups excluding carboxylic acids is 4. The van der Waals surface area contributed by atoms with Gasteiger partial charge in [-0.05, 0) is 71.9 Å². The molecule has 13 atom stereocenters. The number of halogens is 2. The number of alkyl halides is 2. The third-order valence-electron chi connectivity index (χ3n) is 12.7. The van der Waals surface area contributed by atoms with E-state index in [1.165, 1.54) is 18.9 Å². The molecule has 2 aromatic rings. The number of carbonyl (C=O) groups is 4. The van der Waals surface area contributed by atoms with Gasteiger partial charge in [0.1, 0.15) is 24.7 Å². The molecule has 0 radical (unpaired) electrons. The van der Waals surface area contributed by atoms with Crippen molar-refractivity contribution in [3.8, 4) is 11.3 Å². The zero-order valence-corrected chi connectivity index (χ0v) is 36.3. The van der Waals surface area contributed by atoms with Crippen LogP contribution in [0.5, 0.6) is 0 Å². The zero-order chi connectivity index (χ0) is 44.2. The lowest BCUT2D eigenvalue weighted by molar-refractivity contribution is -0.290. The summed E-state index contributed by atoms with van der Waals surface area (Å²) in [5.74, 6) is -6.03. The molecule has 2 aromatic heterocycles. The van der Waals surface area contributed by atoms with Crippen molar-refractivity contribution < 1.29 is 56.7 Å². The molecule has 1 amide bonds. The van der Waals surface area contributed by atoms with Gasteiger partial charge in [0.05, 0.1) is 35.9 Å². The fourth-order valence-corrected chi connectivity index (χ4v) is 9.39. The number of pyridine rings is 1. The third-order valence-corrected chi connectivity index (χ3v) is 12.7. The molecule has 5 rings (SSSR count). The van der Waals surface area contributed by atoms with Gasteiger partial charge in [-0.1, -0.05) is 27.7 Å². The van der Waals surface area contributed by atoms with Gasteiger partial charge in [-0.25, -0.2) is 23.4 Å². The Morgan fingerprint density at radius 3 is 2.43 bits per heavy atom. The molecule has 0 spiro atoms. The second kappa shape index (κ2) is 19.4. The molecule has 5 heterocycles. The summed E-state index contributed by atoms with van der Waals surface area (Å²) in [6.45, 7) is 12.3. The summed E-state index contributed by atoms with van der Waals surface area (Å²) in [7, 11) is 1.37. The quantitative estimate of drug-likeness (QED) is 0.156. The highest BCUT2D eigenvalue weighted by Crippen LogP contribution is 2.43. The molecule has 15 nitrogen and oxygen atoms in total. The van der Waals surface area contributed by atoms with Crippen molar-refractivity contribution in [3.05, 3.63) is 37.1 Å². The number of hydrogen-bond acceptors (Lipinski definition) is 13. The van der Waals surface area contributed by atoms with Crippen LogP contribution in [0, 0.1) is 17.8 Å². The first-order valence-corrected chi connectivity index (χ1v) is 21.1. The Morgan fingerprint density at radius 2 is 1.78 bits per heavy atom. The minimum atomic E-state index is -3.22. The fraction of sp³-hybridized carbons (Fsp3) is 0.721. The van der Waals surface area contributed by atoms with E-state index in [9.17, 15) is 28.7 Å². The molecule has 0 saturated carbocycles. The van der Waals surface area contributed by atoms with Gasteiger partial charge in [0.15, 0.2) is 17.7 Å². The molecule has 3 aliphatic heterocycles. The molecule has 0 aromatic carbocycles. The van der Waals surface area contributed by atoms with Crippen molar-refractivity contribution in [2.75, 3.05) is 26.9 Å². The lowest BCUT2D eigenvalue weighted by Gasteiger charge is -2.46. The normalized spacial score (nSPS) is 37.0. The molecule has 3 aliphatic rings. The molecule has 0 aliphatic carbocycles. The van der Waals surface area contributed by atoms with E-state index in [-0.39, 0.29) is 31.7 Å². The molecule has 1 unspecified atom stereocenters. The Morgan fingerprint density at radius 1 is 1.07 bits per heavy atom. The van der Waals surface area contributed by atoms with E-state index in [0.29, 0.717) is 25.8 Å². The minimum absolute atomic E-state index is 0.0258. The maximum atomic E-state index is 16.9. The first-order valence-electron chi connectivity index (χ1n) is 21.1. The number of fused-ring (bicyclic) bond motifs is 1. The number of amides is 1. The molecule has 334 valence electrons. The largest absolute Gasteiger partial charge is 0.455 e. The number of aliphatic hydroxyl groups is 1. The van der Waals surface area contributed by atoms with Gasteiger partial charge in [-0.3, -0.25) is 14.6 Å². The number of Topliss-reactive ketones (excluding diaryl/α,β-unsaturated/α-hetero) is 2. The number of rotatable bonds is 13. The van der Waals surface area contributed by atoms with Gasteiger partial charge in [0.2, 0.25) is 0 Å². The molecule has 2 N–H and O–H groups in total. The molecular weight excluding hydrogens is 784 g/mol. The van der Waals surface area contributed by atoms with Gasteiger partial charge >= 0.3 is 12.1 Å². The SMILES string of the molecule is CC[C@H]1OC(=O)[C@@](C)(F)C(=O)[C@@H](C)[C@@H](O[C@@H]2O[C@H](C)C[C@H](NCCF)[C@@H]2O)[C@](C)(OC)C[C@@H](C)C(=O)[C@H](C)C2N(CCCCn3cnc(-c4cccnc4)c3)C(=O)O[C@@]21C. The van der Waals surface area contributed by atoms with Crippen LogP contribution in [0.15, 0.2) is 37.1 Å². The zero-order valence-electron chi connectivity index (χ0n) is 36.3. The highest BCUT2D eigenvalue weighted by atomic mass is 19.1. The van der Waals surface area contributed by atoms with Crippen LogP contribution in [-0.4, -0.2) is 135 Å². The van der Waals surface area contributed by atoms with Crippen LogP contribution in [0.1, 0.15) is 87.5 Å². The summed E-state index contributed by atoms with van der Waals surface area (Å²) in [5.41, 5.74) is -4.68. The topological polar surface area (TPSA) is 181 Å². The Balaban J connectivity index is 1.45. The standard InChI is InChI=1S/C43H63F2N5O10/c1-10-32-43(8)35(50(40(55)60-43)19-12-11-18-49-23-31(48-24-49)29-14-13-16-46-22-29)27(4)33(51)25(2)21-41(6,56-9)37(28(5)36(53)42(7,45)39(54)58-32)59-38-34(52)30(47-17-15-44)20-26(3)57-38/h13-14,16,22-28,30,32,34-35,37-38,47,52H,10-12,15,17-21H2,1-9H3/t25-,26-,27+,28-,30+,32-,34+,35?,37-,38+,41-,42+,43-/m1/s1. The van der Waals surface area contributed by atoms with Crippen LogP contribution in [-0.2, 0) is 44.6 Å². The highest BCUT2D eigenvalue weighted by molar-refractivity contribution is 6.08. The second-order valence-electron chi connectivity index (χ2n) is 17.3. The Kier molecular flexibility index (Phi) is 15.3. The number of methoxy groups -OCH3 is 1. The summed E-state index contributed by atoms with van der Waals surface area (Å²) < 4.78 is 62.3. The van der Waals surface area contributed by atoms with Crippen molar-refractivity contribution in [2.45, 2.75) is 154 Å². The lowest BCUT2D eigenvalue weighted by atomic mass is 9.73. The average molecular weight is 848 g/mol. The number of esters is 1. The molecule has 3 fully saturated rings.